The summed E-state index contributed by atoms with van der Waals surface area (Å²) >= 11 is 0. The van der Waals surface area contributed by atoms with Crippen LogP contribution in [0, 0.1) is 0 Å². The second-order valence-corrected chi connectivity index (χ2v) is 2.55. The maximum absolute atomic E-state index is 10.1. The molecule has 0 bridgehead atoms. The minimum atomic E-state index is -2.36. The topological polar surface area (TPSA) is 191 Å². The van der Waals surface area contributed by atoms with Gasteiger partial charge in [0.25, 0.3) is 0 Å². The van der Waals surface area contributed by atoms with E-state index in [4.69, 9.17) is 30.6 Å². The van der Waals surface area contributed by atoms with Gasteiger partial charge in [0.15, 0.2) is 12.2 Å². The SMILES string of the molecule is N.O=C(O)C(O)C(O)C(O)C(O)C(=O)O. The summed E-state index contributed by atoms with van der Waals surface area (Å²) in [6.07, 6.45) is -9.28. The highest BCUT2D eigenvalue weighted by Crippen LogP contribution is 2.05. The van der Waals surface area contributed by atoms with E-state index in [1.165, 1.54) is 0 Å². The van der Waals surface area contributed by atoms with Crippen LogP contribution in [0.25, 0.3) is 0 Å². The Balaban J connectivity index is 0. The van der Waals surface area contributed by atoms with E-state index in [1.54, 1.807) is 0 Å². The van der Waals surface area contributed by atoms with E-state index in [0.717, 1.165) is 0 Å². The van der Waals surface area contributed by atoms with E-state index < -0.39 is 36.4 Å². The number of hydrogen-bond acceptors (Lipinski definition) is 7. The van der Waals surface area contributed by atoms with Crippen LogP contribution >= 0.6 is 0 Å². The molecule has 0 aliphatic rings. The fourth-order valence-electron chi connectivity index (χ4n) is 0.666. The summed E-state index contributed by atoms with van der Waals surface area (Å²) in [6.45, 7) is 0. The number of carbonyl (C=O) groups is 2. The van der Waals surface area contributed by atoms with Crippen molar-refractivity contribution >= 4 is 11.9 Å². The van der Waals surface area contributed by atoms with Gasteiger partial charge in [0.05, 0.1) is 0 Å². The lowest BCUT2D eigenvalue weighted by molar-refractivity contribution is -0.172. The molecule has 0 saturated heterocycles. The summed E-state index contributed by atoms with van der Waals surface area (Å²) < 4.78 is 0. The molecule has 9 N–H and O–H groups in total. The molecule has 90 valence electrons. The van der Waals surface area contributed by atoms with E-state index in [-0.39, 0.29) is 6.15 Å². The molecule has 0 aromatic carbocycles. The van der Waals surface area contributed by atoms with Crippen LogP contribution in [0.1, 0.15) is 0 Å². The second-order valence-electron chi connectivity index (χ2n) is 2.55. The molecule has 0 aromatic heterocycles. The maximum atomic E-state index is 10.1. The third-order valence-corrected chi connectivity index (χ3v) is 1.50. The molecule has 0 saturated carbocycles. The molecule has 9 nitrogen and oxygen atoms in total. The number of carboxylic acids is 2. The highest BCUT2D eigenvalue weighted by molar-refractivity contribution is 5.75. The Morgan fingerprint density at radius 1 is 0.733 bits per heavy atom. The molecule has 4 atom stereocenters. The minimum absolute atomic E-state index is 0. The zero-order chi connectivity index (χ0) is 11.5. The van der Waals surface area contributed by atoms with Gasteiger partial charge in [-0.2, -0.15) is 0 Å². The van der Waals surface area contributed by atoms with Gasteiger partial charge in [0.1, 0.15) is 12.2 Å². The first-order valence-electron chi connectivity index (χ1n) is 3.47. The molecule has 0 aromatic rings. The summed E-state index contributed by atoms with van der Waals surface area (Å²) in [5.41, 5.74) is 0. The molecule has 0 aliphatic heterocycles. The number of aliphatic carboxylic acids is 2. The van der Waals surface area contributed by atoms with Crippen LogP contribution in [0.5, 0.6) is 0 Å². The number of aliphatic hydroxyl groups excluding tert-OH is 4. The van der Waals surface area contributed by atoms with Gasteiger partial charge in [-0.25, -0.2) is 9.59 Å². The van der Waals surface area contributed by atoms with Gasteiger partial charge in [-0.1, -0.05) is 0 Å². The van der Waals surface area contributed by atoms with Crippen molar-refractivity contribution in [1.82, 2.24) is 6.15 Å². The lowest BCUT2D eigenvalue weighted by atomic mass is 10.0. The molecule has 0 radical (unpaired) electrons. The van der Waals surface area contributed by atoms with Crippen LogP contribution in [0.4, 0.5) is 0 Å². The van der Waals surface area contributed by atoms with Crippen LogP contribution in [-0.4, -0.2) is 67.0 Å². The largest absolute Gasteiger partial charge is 0.479 e. The van der Waals surface area contributed by atoms with Crippen LogP contribution < -0.4 is 6.15 Å². The van der Waals surface area contributed by atoms with Gasteiger partial charge in [-0.15, -0.1) is 0 Å². The first-order valence-corrected chi connectivity index (χ1v) is 3.47. The Hall–Kier alpha value is -1.26. The van der Waals surface area contributed by atoms with E-state index in [0.29, 0.717) is 0 Å². The van der Waals surface area contributed by atoms with E-state index >= 15 is 0 Å². The third-order valence-electron chi connectivity index (χ3n) is 1.50. The zero-order valence-electron chi connectivity index (χ0n) is 7.52. The molecule has 9 heteroatoms. The van der Waals surface area contributed by atoms with Gasteiger partial charge in [-0.05, 0) is 0 Å². The van der Waals surface area contributed by atoms with Crippen molar-refractivity contribution in [2.24, 2.45) is 0 Å². The predicted molar refractivity (Wildman–Crippen MR) is 44.3 cm³/mol. The Morgan fingerprint density at radius 2 is 0.933 bits per heavy atom. The van der Waals surface area contributed by atoms with E-state index in [2.05, 4.69) is 0 Å². The van der Waals surface area contributed by atoms with Crippen molar-refractivity contribution in [2.45, 2.75) is 24.4 Å². The molecule has 0 spiro atoms. The van der Waals surface area contributed by atoms with Gasteiger partial charge < -0.3 is 36.8 Å². The van der Waals surface area contributed by atoms with Crippen LogP contribution in [0.3, 0.4) is 0 Å². The number of rotatable bonds is 5. The molecule has 0 amide bonds. The molecule has 15 heavy (non-hydrogen) atoms. The van der Waals surface area contributed by atoms with Crippen LogP contribution in [0.15, 0.2) is 0 Å². The van der Waals surface area contributed by atoms with Crippen molar-refractivity contribution in [1.29, 1.82) is 0 Å². The average Bonchev–Trinajstić information content (AvgIpc) is 2.12. The monoisotopic (exact) mass is 227 g/mol. The highest BCUT2D eigenvalue weighted by atomic mass is 16.4. The summed E-state index contributed by atoms with van der Waals surface area (Å²) in [5, 5.41) is 51.5. The second kappa shape index (κ2) is 6.27. The molecule has 0 fully saturated rings. The van der Waals surface area contributed by atoms with Crippen molar-refractivity contribution < 1.29 is 40.2 Å². The molecule has 0 aliphatic carbocycles. The Bertz CT molecular complexity index is 207. The Labute approximate surface area is 83.8 Å². The van der Waals surface area contributed by atoms with Crippen molar-refractivity contribution in [3.63, 3.8) is 0 Å². The summed E-state index contributed by atoms with van der Waals surface area (Å²) in [5.74, 6) is -3.68. The Kier molecular flexibility index (Phi) is 6.76. The van der Waals surface area contributed by atoms with Crippen molar-refractivity contribution in [2.75, 3.05) is 0 Å². The maximum Gasteiger partial charge on any atom is 0.335 e. The standard InChI is InChI=1S/C6H10O8.H3N/c7-1(3(9)5(11)12)2(8)4(10)6(13)14;/h1-4,7-10H,(H,11,12)(H,13,14);1H3. The number of hydrogen-bond donors (Lipinski definition) is 7. The normalized spacial score (nSPS) is 18.1. The number of carboxylic acid groups (broad SMARTS) is 2. The lowest BCUT2D eigenvalue weighted by Crippen LogP contribution is -2.49. The zero-order valence-corrected chi connectivity index (χ0v) is 7.52. The molecular formula is C6H13NO8. The average molecular weight is 227 g/mol. The minimum Gasteiger partial charge on any atom is -0.479 e. The third kappa shape index (κ3) is 4.18. The van der Waals surface area contributed by atoms with E-state index in [1.807, 2.05) is 0 Å². The van der Waals surface area contributed by atoms with Crippen molar-refractivity contribution in [3.8, 4) is 0 Å². The lowest BCUT2D eigenvalue weighted by Gasteiger charge is -2.21. The first-order chi connectivity index (χ1) is 6.29. The van der Waals surface area contributed by atoms with Gasteiger partial charge in [-0.3, -0.25) is 0 Å². The predicted octanol–water partition coefficient (Wildman–Crippen LogP) is -3.24. The first kappa shape index (κ1) is 16.2. The van der Waals surface area contributed by atoms with Crippen LogP contribution in [0.2, 0.25) is 0 Å². The fourth-order valence-corrected chi connectivity index (χ4v) is 0.666. The quantitative estimate of drug-likeness (QED) is 0.253. The van der Waals surface area contributed by atoms with Gasteiger partial charge >= 0.3 is 11.9 Å². The molecule has 4 unspecified atom stereocenters. The smallest absolute Gasteiger partial charge is 0.335 e. The molecule has 0 heterocycles. The number of aliphatic hydroxyl groups is 4. The highest BCUT2D eigenvalue weighted by Gasteiger charge is 2.37. The van der Waals surface area contributed by atoms with Gasteiger partial charge in [0, 0.05) is 0 Å². The fraction of sp³-hybridized carbons (Fsp3) is 0.667. The van der Waals surface area contributed by atoms with Crippen LogP contribution in [-0.2, 0) is 9.59 Å². The van der Waals surface area contributed by atoms with Crippen molar-refractivity contribution in [3.05, 3.63) is 0 Å². The summed E-state index contributed by atoms with van der Waals surface area (Å²) in [6, 6.07) is 0. The molecular weight excluding hydrogens is 214 g/mol. The Morgan fingerprint density at radius 3 is 1.07 bits per heavy atom. The summed E-state index contributed by atoms with van der Waals surface area (Å²) in [4.78, 5) is 20.2. The summed E-state index contributed by atoms with van der Waals surface area (Å²) in [7, 11) is 0. The molecule has 0 rings (SSSR count). The van der Waals surface area contributed by atoms with Gasteiger partial charge in [0.2, 0.25) is 0 Å². The van der Waals surface area contributed by atoms with E-state index in [9.17, 15) is 9.59 Å².